The molecule has 128 valence electrons. The second-order valence-electron chi connectivity index (χ2n) is 5.39. The van der Waals surface area contributed by atoms with Crippen LogP contribution in [0.4, 0.5) is 11.4 Å². The highest BCUT2D eigenvalue weighted by molar-refractivity contribution is 6.05. The van der Waals surface area contributed by atoms with E-state index < -0.39 is 5.97 Å². The molecule has 0 aliphatic heterocycles. The van der Waals surface area contributed by atoms with Gasteiger partial charge >= 0.3 is 5.97 Å². The first-order valence-electron chi connectivity index (χ1n) is 7.52. The molecule has 0 aromatic heterocycles. The Balaban J connectivity index is 2.04. The molecule has 0 saturated carbocycles. The third-order valence-corrected chi connectivity index (χ3v) is 3.15. The molecular formula is C19H18N2O4. The second-order valence-corrected chi connectivity index (χ2v) is 5.39. The minimum Gasteiger partial charge on any atom is -0.427 e. The first-order chi connectivity index (χ1) is 11.8. The summed E-state index contributed by atoms with van der Waals surface area (Å²) >= 11 is 0. The molecule has 6 heteroatoms. The predicted octanol–water partition coefficient (Wildman–Crippen LogP) is 3.38. The Morgan fingerprint density at radius 3 is 2.08 bits per heavy atom. The Labute approximate surface area is 145 Å². The first-order valence-corrected chi connectivity index (χ1v) is 7.52. The van der Waals surface area contributed by atoms with Crippen LogP contribution in [0.25, 0.3) is 0 Å². The zero-order valence-electron chi connectivity index (χ0n) is 14.0. The third kappa shape index (κ3) is 5.31. The normalized spacial score (nSPS) is 9.84. The lowest BCUT2D eigenvalue weighted by molar-refractivity contribution is -0.131. The van der Waals surface area contributed by atoms with Crippen molar-refractivity contribution < 1.29 is 19.1 Å². The largest absolute Gasteiger partial charge is 0.427 e. The van der Waals surface area contributed by atoms with Crippen LogP contribution in [-0.4, -0.2) is 17.8 Å². The van der Waals surface area contributed by atoms with Crippen LogP contribution in [0.1, 0.15) is 24.2 Å². The molecule has 0 atom stereocenters. The molecule has 6 nitrogen and oxygen atoms in total. The summed E-state index contributed by atoms with van der Waals surface area (Å²) in [5.74, 6) is -0.755. The van der Waals surface area contributed by atoms with Gasteiger partial charge in [0.1, 0.15) is 5.75 Å². The molecule has 0 radical (unpaired) electrons. The highest BCUT2D eigenvalue weighted by atomic mass is 16.5. The van der Waals surface area contributed by atoms with Gasteiger partial charge < -0.3 is 15.4 Å². The number of carbonyl (C=O) groups excluding carboxylic acids is 3. The molecule has 0 spiro atoms. The SMILES string of the molecule is C=C(C)C(=O)Nc1ccc(NC(=O)c2cccc(OC(C)=O)c2)cc1. The van der Waals surface area contributed by atoms with Gasteiger partial charge in [-0.15, -0.1) is 0 Å². The standard InChI is InChI=1S/C19H18N2O4/c1-12(2)18(23)20-15-7-9-16(10-8-15)21-19(24)14-5-4-6-17(11-14)25-13(3)22/h4-11H,1H2,2-3H3,(H,20,23)(H,21,24). The van der Waals surface area contributed by atoms with Crippen LogP contribution in [0, 0.1) is 0 Å². The van der Waals surface area contributed by atoms with Crippen molar-refractivity contribution in [2.45, 2.75) is 13.8 Å². The van der Waals surface area contributed by atoms with Crippen LogP contribution in [0.2, 0.25) is 0 Å². The van der Waals surface area contributed by atoms with Gasteiger partial charge in [-0.25, -0.2) is 0 Å². The summed E-state index contributed by atoms with van der Waals surface area (Å²) in [4.78, 5) is 34.8. The maximum absolute atomic E-state index is 12.3. The van der Waals surface area contributed by atoms with Gasteiger partial charge in [-0.05, 0) is 49.4 Å². The number of esters is 1. The van der Waals surface area contributed by atoms with Gasteiger partial charge in [-0.1, -0.05) is 12.6 Å². The van der Waals surface area contributed by atoms with Crippen LogP contribution < -0.4 is 15.4 Å². The lowest BCUT2D eigenvalue weighted by Gasteiger charge is -2.09. The number of benzene rings is 2. The summed E-state index contributed by atoms with van der Waals surface area (Å²) in [6.07, 6.45) is 0. The average Bonchev–Trinajstić information content (AvgIpc) is 2.56. The summed E-state index contributed by atoms with van der Waals surface area (Å²) < 4.78 is 4.96. The number of ether oxygens (including phenoxy) is 1. The summed E-state index contributed by atoms with van der Waals surface area (Å²) in [6.45, 7) is 6.48. The summed E-state index contributed by atoms with van der Waals surface area (Å²) in [5, 5.41) is 5.41. The zero-order chi connectivity index (χ0) is 18.4. The molecule has 2 aromatic rings. The maximum atomic E-state index is 12.3. The lowest BCUT2D eigenvalue weighted by atomic mass is 10.2. The number of rotatable bonds is 5. The van der Waals surface area contributed by atoms with E-state index in [1.807, 2.05) is 0 Å². The number of anilines is 2. The molecule has 2 aromatic carbocycles. The molecule has 0 unspecified atom stereocenters. The van der Waals surface area contributed by atoms with Gasteiger partial charge in [0.25, 0.3) is 11.8 Å². The quantitative estimate of drug-likeness (QED) is 0.497. The Morgan fingerprint density at radius 2 is 1.52 bits per heavy atom. The van der Waals surface area contributed by atoms with E-state index in [-0.39, 0.29) is 11.8 Å². The molecule has 0 saturated heterocycles. The van der Waals surface area contributed by atoms with Crippen molar-refractivity contribution in [3.05, 3.63) is 66.2 Å². The maximum Gasteiger partial charge on any atom is 0.308 e. The average molecular weight is 338 g/mol. The fourth-order valence-electron chi connectivity index (χ4n) is 1.94. The fourth-order valence-corrected chi connectivity index (χ4v) is 1.94. The third-order valence-electron chi connectivity index (χ3n) is 3.15. The van der Waals surface area contributed by atoms with Gasteiger partial charge in [0, 0.05) is 29.4 Å². The Bertz CT molecular complexity index is 826. The van der Waals surface area contributed by atoms with Crippen molar-refractivity contribution in [3.63, 3.8) is 0 Å². The summed E-state index contributed by atoms with van der Waals surface area (Å²) in [6, 6.07) is 13.0. The van der Waals surface area contributed by atoms with Crippen LogP contribution >= 0.6 is 0 Å². The highest BCUT2D eigenvalue weighted by Crippen LogP contribution is 2.17. The van der Waals surface area contributed by atoms with E-state index in [2.05, 4.69) is 17.2 Å². The number of hydrogen-bond donors (Lipinski definition) is 2. The number of amides is 2. The smallest absolute Gasteiger partial charge is 0.308 e. The van der Waals surface area contributed by atoms with E-state index in [1.165, 1.54) is 13.0 Å². The van der Waals surface area contributed by atoms with Crippen molar-refractivity contribution in [1.82, 2.24) is 0 Å². The minimum atomic E-state index is -0.454. The Morgan fingerprint density at radius 1 is 0.920 bits per heavy atom. The van der Waals surface area contributed by atoms with Crippen molar-refractivity contribution in [3.8, 4) is 5.75 Å². The monoisotopic (exact) mass is 338 g/mol. The van der Waals surface area contributed by atoms with Crippen LogP contribution in [-0.2, 0) is 9.59 Å². The topological polar surface area (TPSA) is 84.5 Å². The van der Waals surface area contributed by atoms with Gasteiger partial charge in [-0.2, -0.15) is 0 Å². The van der Waals surface area contributed by atoms with Crippen molar-refractivity contribution >= 4 is 29.2 Å². The van der Waals surface area contributed by atoms with Gasteiger partial charge in [0.2, 0.25) is 0 Å². The molecule has 0 aliphatic carbocycles. The van der Waals surface area contributed by atoms with Crippen LogP contribution in [0.15, 0.2) is 60.7 Å². The van der Waals surface area contributed by atoms with Gasteiger partial charge in [0.15, 0.2) is 0 Å². The van der Waals surface area contributed by atoms with Gasteiger partial charge in [-0.3, -0.25) is 14.4 Å². The molecule has 2 amide bonds. The molecule has 2 N–H and O–H groups in total. The molecular weight excluding hydrogens is 320 g/mol. The Hall–Kier alpha value is -3.41. The zero-order valence-corrected chi connectivity index (χ0v) is 14.0. The second kappa shape index (κ2) is 7.92. The lowest BCUT2D eigenvalue weighted by Crippen LogP contribution is -2.13. The number of carbonyl (C=O) groups is 3. The highest BCUT2D eigenvalue weighted by Gasteiger charge is 2.09. The fraction of sp³-hybridized carbons (Fsp3) is 0.105. The molecule has 25 heavy (non-hydrogen) atoms. The molecule has 0 fully saturated rings. The van der Waals surface area contributed by atoms with Crippen molar-refractivity contribution in [2.24, 2.45) is 0 Å². The molecule has 0 bridgehead atoms. The molecule has 2 rings (SSSR count). The van der Waals surface area contributed by atoms with Crippen LogP contribution in [0.5, 0.6) is 5.75 Å². The van der Waals surface area contributed by atoms with Crippen molar-refractivity contribution in [1.29, 1.82) is 0 Å². The van der Waals surface area contributed by atoms with E-state index in [1.54, 1.807) is 49.4 Å². The molecule has 0 heterocycles. The van der Waals surface area contributed by atoms with E-state index in [4.69, 9.17) is 4.74 Å². The predicted molar refractivity (Wildman–Crippen MR) is 95.6 cm³/mol. The van der Waals surface area contributed by atoms with E-state index in [0.29, 0.717) is 28.3 Å². The summed E-state index contributed by atoms with van der Waals surface area (Å²) in [7, 11) is 0. The molecule has 0 aliphatic rings. The minimum absolute atomic E-state index is 0.265. The number of nitrogens with one attached hydrogen (secondary N) is 2. The van der Waals surface area contributed by atoms with E-state index in [9.17, 15) is 14.4 Å². The number of hydrogen-bond acceptors (Lipinski definition) is 4. The van der Waals surface area contributed by atoms with E-state index >= 15 is 0 Å². The summed E-state index contributed by atoms with van der Waals surface area (Å²) in [5.41, 5.74) is 1.93. The van der Waals surface area contributed by atoms with E-state index in [0.717, 1.165) is 0 Å². The van der Waals surface area contributed by atoms with Gasteiger partial charge in [0.05, 0.1) is 0 Å². The first kappa shape index (κ1) is 17.9. The van der Waals surface area contributed by atoms with Crippen LogP contribution in [0.3, 0.4) is 0 Å². The Kier molecular flexibility index (Phi) is 5.68. The van der Waals surface area contributed by atoms with Crippen molar-refractivity contribution in [2.75, 3.05) is 10.6 Å².